The number of benzene rings is 1. The van der Waals surface area contributed by atoms with Crippen molar-refractivity contribution >= 4 is 23.2 Å². The molecule has 1 aliphatic rings. The second kappa shape index (κ2) is 6.22. The van der Waals surface area contributed by atoms with E-state index >= 15 is 0 Å². The number of aliphatic hydroxyl groups is 1. The third-order valence-electron chi connectivity index (χ3n) is 3.51. The largest absolute Gasteiger partial charge is 0.398 e. The Balaban J connectivity index is 1.97. The molecule has 21 heavy (non-hydrogen) atoms. The summed E-state index contributed by atoms with van der Waals surface area (Å²) >= 11 is 5.85. The van der Waals surface area contributed by atoms with Crippen molar-refractivity contribution in [2.24, 2.45) is 0 Å². The van der Waals surface area contributed by atoms with E-state index in [1.807, 2.05) is 0 Å². The Kier molecular flexibility index (Phi) is 4.76. The number of carbonyl (C=O) groups is 1. The number of rotatable bonds is 3. The molecule has 1 aliphatic heterocycles. The highest BCUT2D eigenvalue weighted by Crippen LogP contribution is 2.20. The summed E-state index contributed by atoms with van der Waals surface area (Å²) in [5, 5.41) is 10.4. The Labute approximate surface area is 130 Å². The molecule has 0 atom stereocenters. The zero-order valence-corrected chi connectivity index (χ0v) is 13.2. The van der Waals surface area contributed by atoms with Crippen LogP contribution in [0.15, 0.2) is 18.2 Å². The lowest BCUT2D eigenvalue weighted by molar-refractivity contribution is 0.0179. The van der Waals surface area contributed by atoms with Gasteiger partial charge in [0.25, 0.3) is 5.91 Å². The number of amides is 1. The fourth-order valence-electron chi connectivity index (χ4n) is 2.55. The average Bonchev–Trinajstić information content (AvgIpc) is 2.37. The Hall–Kier alpha value is -1.30. The van der Waals surface area contributed by atoms with E-state index in [0.29, 0.717) is 35.9 Å². The molecule has 1 saturated heterocycles. The number of halogens is 1. The van der Waals surface area contributed by atoms with Gasteiger partial charge in [0.15, 0.2) is 0 Å². The number of anilines is 1. The van der Waals surface area contributed by atoms with Gasteiger partial charge in [0.05, 0.1) is 11.2 Å². The monoisotopic (exact) mass is 311 g/mol. The van der Waals surface area contributed by atoms with Crippen molar-refractivity contribution in [3.8, 4) is 0 Å². The summed E-state index contributed by atoms with van der Waals surface area (Å²) in [5.41, 5.74) is 6.05. The van der Waals surface area contributed by atoms with E-state index in [4.69, 9.17) is 17.3 Å². The van der Waals surface area contributed by atoms with E-state index in [0.717, 1.165) is 13.1 Å². The van der Waals surface area contributed by atoms with E-state index in [2.05, 4.69) is 4.90 Å². The van der Waals surface area contributed by atoms with Gasteiger partial charge in [0, 0.05) is 43.4 Å². The van der Waals surface area contributed by atoms with Crippen LogP contribution >= 0.6 is 11.6 Å². The van der Waals surface area contributed by atoms with Crippen LogP contribution in [0.5, 0.6) is 0 Å². The quantitative estimate of drug-likeness (QED) is 0.829. The van der Waals surface area contributed by atoms with Gasteiger partial charge in [-0.15, -0.1) is 0 Å². The van der Waals surface area contributed by atoms with Gasteiger partial charge in [-0.05, 0) is 32.0 Å². The van der Waals surface area contributed by atoms with Crippen molar-refractivity contribution in [1.82, 2.24) is 9.80 Å². The van der Waals surface area contributed by atoms with Crippen molar-refractivity contribution in [3.63, 3.8) is 0 Å². The fourth-order valence-corrected chi connectivity index (χ4v) is 2.74. The minimum Gasteiger partial charge on any atom is -0.398 e. The molecule has 5 nitrogen and oxygen atoms in total. The molecular formula is C15H22ClN3O2. The van der Waals surface area contributed by atoms with Gasteiger partial charge in [0.2, 0.25) is 0 Å². The molecule has 2 rings (SSSR count). The van der Waals surface area contributed by atoms with Gasteiger partial charge >= 0.3 is 0 Å². The second-order valence-corrected chi connectivity index (χ2v) is 6.55. The second-order valence-electron chi connectivity index (χ2n) is 6.11. The van der Waals surface area contributed by atoms with Crippen molar-refractivity contribution in [3.05, 3.63) is 28.8 Å². The molecule has 0 bridgehead atoms. The van der Waals surface area contributed by atoms with E-state index in [1.54, 1.807) is 36.9 Å². The van der Waals surface area contributed by atoms with Crippen LogP contribution in [-0.4, -0.2) is 59.1 Å². The Bertz CT molecular complexity index is 520. The maximum Gasteiger partial charge on any atom is 0.256 e. The van der Waals surface area contributed by atoms with Crippen molar-refractivity contribution < 1.29 is 9.90 Å². The molecule has 6 heteroatoms. The Morgan fingerprint density at radius 3 is 2.48 bits per heavy atom. The van der Waals surface area contributed by atoms with Gasteiger partial charge in [0.1, 0.15) is 0 Å². The highest BCUT2D eigenvalue weighted by Gasteiger charge is 2.26. The minimum absolute atomic E-state index is 0.0629. The normalized spacial score (nSPS) is 17.0. The standard InChI is InChI=1S/C15H22ClN3O2/c1-15(2,21)10-18-5-7-19(8-6-18)14(20)12-4-3-11(16)9-13(12)17/h3-4,9,21H,5-8,10,17H2,1-2H3. The first kappa shape index (κ1) is 16.1. The molecule has 0 unspecified atom stereocenters. The Morgan fingerprint density at radius 1 is 1.33 bits per heavy atom. The van der Waals surface area contributed by atoms with Crippen LogP contribution in [0.25, 0.3) is 0 Å². The number of piperazine rings is 1. The maximum atomic E-state index is 12.5. The number of hydrogen-bond acceptors (Lipinski definition) is 4. The van der Waals surface area contributed by atoms with E-state index in [1.165, 1.54) is 0 Å². The number of nitrogens with two attached hydrogens (primary N) is 1. The SMILES string of the molecule is CC(C)(O)CN1CCN(C(=O)c2ccc(Cl)cc2N)CC1. The summed E-state index contributed by atoms with van der Waals surface area (Å²) in [4.78, 5) is 16.4. The van der Waals surface area contributed by atoms with Crippen LogP contribution in [0.2, 0.25) is 5.02 Å². The molecule has 116 valence electrons. The highest BCUT2D eigenvalue weighted by atomic mass is 35.5. The van der Waals surface area contributed by atoms with Crippen LogP contribution in [0.1, 0.15) is 24.2 Å². The third kappa shape index (κ3) is 4.33. The lowest BCUT2D eigenvalue weighted by Crippen LogP contribution is -2.52. The lowest BCUT2D eigenvalue weighted by atomic mass is 10.1. The molecule has 1 aromatic rings. The highest BCUT2D eigenvalue weighted by molar-refractivity contribution is 6.31. The average molecular weight is 312 g/mol. The summed E-state index contributed by atoms with van der Waals surface area (Å²) in [6, 6.07) is 4.94. The zero-order valence-electron chi connectivity index (χ0n) is 12.5. The predicted molar refractivity (Wildman–Crippen MR) is 84.5 cm³/mol. The van der Waals surface area contributed by atoms with Gasteiger partial charge < -0.3 is 15.7 Å². The first-order chi connectivity index (χ1) is 9.76. The lowest BCUT2D eigenvalue weighted by Gasteiger charge is -2.37. The maximum absolute atomic E-state index is 12.5. The minimum atomic E-state index is -0.715. The molecule has 1 fully saturated rings. The molecule has 3 N–H and O–H groups in total. The molecule has 0 aromatic heterocycles. The van der Waals surface area contributed by atoms with Crippen LogP contribution < -0.4 is 5.73 Å². The first-order valence-electron chi connectivity index (χ1n) is 7.05. The number of nitrogens with zero attached hydrogens (tertiary/aromatic N) is 2. The van der Waals surface area contributed by atoms with Gasteiger partial charge in [-0.3, -0.25) is 9.69 Å². The Morgan fingerprint density at radius 2 is 1.95 bits per heavy atom. The van der Waals surface area contributed by atoms with E-state index in [-0.39, 0.29) is 5.91 Å². The zero-order chi connectivity index (χ0) is 15.6. The molecular weight excluding hydrogens is 290 g/mol. The van der Waals surface area contributed by atoms with Crippen LogP contribution in [-0.2, 0) is 0 Å². The van der Waals surface area contributed by atoms with E-state index < -0.39 is 5.60 Å². The van der Waals surface area contributed by atoms with Gasteiger partial charge in [-0.2, -0.15) is 0 Å². The van der Waals surface area contributed by atoms with Gasteiger partial charge in [-0.1, -0.05) is 11.6 Å². The number of nitrogen functional groups attached to an aromatic ring is 1. The van der Waals surface area contributed by atoms with Crippen LogP contribution in [0.3, 0.4) is 0 Å². The summed E-state index contributed by atoms with van der Waals surface area (Å²) in [6.45, 7) is 6.97. The summed E-state index contributed by atoms with van der Waals surface area (Å²) in [5.74, 6) is -0.0629. The van der Waals surface area contributed by atoms with Crippen molar-refractivity contribution in [2.75, 3.05) is 38.5 Å². The predicted octanol–water partition coefficient (Wildman–Crippen LogP) is 1.45. The molecule has 0 saturated carbocycles. The smallest absolute Gasteiger partial charge is 0.256 e. The topological polar surface area (TPSA) is 69.8 Å². The molecule has 1 aromatic carbocycles. The fraction of sp³-hybridized carbons (Fsp3) is 0.533. The van der Waals surface area contributed by atoms with Crippen molar-refractivity contribution in [1.29, 1.82) is 0 Å². The number of carbonyl (C=O) groups excluding carboxylic acids is 1. The van der Waals surface area contributed by atoms with Crippen LogP contribution in [0, 0.1) is 0 Å². The third-order valence-corrected chi connectivity index (χ3v) is 3.75. The molecule has 0 radical (unpaired) electrons. The molecule has 0 spiro atoms. The molecule has 0 aliphatic carbocycles. The summed E-state index contributed by atoms with van der Waals surface area (Å²) in [6.07, 6.45) is 0. The van der Waals surface area contributed by atoms with Gasteiger partial charge in [-0.25, -0.2) is 0 Å². The number of hydrogen-bond donors (Lipinski definition) is 2. The molecule has 1 amide bonds. The summed E-state index contributed by atoms with van der Waals surface area (Å²) in [7, 11) is 0. The first-order valence-corrected chi connectivity index (χ1v) is 7.43. The van der Waals surface area contributed by atoms with Crippen molar-refractivity contribution in [2.45, 2.75) is 19.4 Å². The van der Waals surface area contributed by atoms with E-state index in [9.17, 15) is 9.90 Å². The number of β-amino-alcohol motifs (C(OH)–C–C–N with tert-alkyl or cyclic N) is 1. The summed E-state index contributed by atoms with van der Waals surface area (Å²) < 4.78 is 0. The molecule has 1 heterocycles. The van der Waals surface area contributed by atoms with Crippen LogP contribution in [0.4, 0.5) is 5.69 Å².